The van der Waals surface area contributed by atoms with E-state index in [0.29, 0.717) is 12.5 Å². The molecule has 0 aromatic carbocycles. The van der Waals surface area contributed by atoms with Gasteiger partial charge in [-0.1, -0.05) is 25.9 Å². The maximum atomic E-state index is 5.53. The molecule has 0 spiro atoms. The molecule has 3 rings (SSSR count). The van der Waals surface area contributed by atoms with Crippen LogP contribution in [0.15, 0.2) is 15.6 Å². The summed E-state index contributed by atoms with van der Waals surface area (Å²) < 4.78 is 9.93. The largest absolute Gasteiger partial charge is 0.359 e. The summed E-state index contributed by atoms with van der Waals surface area (Å²) in [6, 6.07) is 2.06. The van der Waals surface area contributed by atoms with Gasteiger partial charge in [-0.3, -0.25) is 0 Å². The predicted molar refractivity (Wildman–Crippen MR) is 118 cm³/mol. The average molecular weight is 420 g/mol. The highest BCUT2D eigenvalue weighted by Gasteiger charge is 2.22. The third-order valence-corrected chi connectivity index (χ3v) is 6.14. The topological polar surface area (TPSA) is 82.7 Å². The highest BCUT2D eigenvalue weighted by atomic mass is 32.1. The number of nitrogens with one attached hydrogen (secondary N) is 1. The number of anilines is 1. The van der Waals surface area contributed by atoms with Gasteiger partial charge in [0, 0.05) is 62.7 Å². The minimum Gasteiger partial charge on any atom is -0.359 e. The summed E-state index contributed by atoms with van der Waals surface area (Å²) in [5.41, 5.74) is 1.04. The van der Waals surface area contributed by atoms with Crippen LogP contribution in [0.5, 0.6) is 0 Å². The van der Waals surface area contributed by atoms with Crippen molar-refractivity contribution in [1.29, 1.82) is 0 Å². The van der Waals surface area contributed by atoms with Crippen molar-refractivity contribution in [2.45, 2.75) is 59.4 Å². The van der Waals surface area contributed by atoms with Crippen LogP contribution >= 0.6 is 11.5 Å². The van der Waals surface area contributed by atoms with Gasteiger partial charge in [-0.25, -0.2) is 9.98 Å². The summed E-state index contributed by atoms with van der Waals surface area (Å²) in [5, 5.41) is 8.69. The molecule has 0 unspecified atom stereocenters. The average Bonchev–Trinajstić information content (AvgIpc) is 3.42. The van der Waals surface area contributed by atoms with Gasteiger partial charge in [-0.2, -0.15) is 4.37 Å². The lowest BCUT2D eigenvalue weighted by Gasteiger charge is -2.36. The Labute approximate surface area is 177 Å². The number of nitrogens with zero attached hydrogens (tertiary/aromatic N) is 6. The lowest BCUT2D eigenvalue weighted by Crippen LogP contribution is -2.52. The summed E-state index contributed by atoms with van der Waals surface area (Å²) in [5.74, 6) is 3.15. The van der Waals surface area contributed by atoms with Gasteiger partial charge in [-0.15, -0.1) is 0 Å². The van der Waals surface area contributed by atoms with E-state index >= 15 is 0 Å². The monoisotopic (exact) mass is 419 g/mol. The van der Waals surface area contributed by atoms with Crippen molar-refractivity contribution >= 4 is 22.6 Å². The SMILES string of the molecule is CCNC(=NCc1cc(C(CC)CC)no1)N1CCN(c2nc(CC)ns2)CC1. The molecule has 160 valence electrons. The zero-order chi connectivity index (χ0) is 20.6. The minimum atomic E-state index is 0.464. The van der Waals surface area contributed by atoms with Gasteiger partial charge in [0.15, 0.2) is 11.7 Å². The molecule has 9 heteroatoms. The summed E-state index contributed by atoms with van der Waals surface area (Å²) in [7, 11) is 0. The summed E-state index contributed by atoms with van der Waals surface area (Å²) in [4.78, 5) is 14.0. The van der Waals surface area contributed by atoms with E-state index < -0.39 is 0 Å². The lowest BCUT2D eigenvalue weighted by atomic mass is 9.99. The van der Waals surface area contributed by atoms with Crippen LogP contribution in [0.2, 0.25) is 0 Å². The van der Waals surface area contributed by atoms with E-state index in [9.17, 15) is 0 Å². The number of aryl methyl sites for hydroxylation is 1. The summed E-state index contributed by atoms with van der Waals surface area (Å²) >= 11 is 1.50. The first-order valence-electron chi connectivity index (χ1n) is 10.7. The van der Waals surface area contributed by atoms with Crippen molar-refractivity contribution in [2.75, 3.05) is 37.6 Å². The molecule has 2 aromatic heterocycles. The smallest absolute Gasteiger partial charge is 0.205 e. The van der Waals surface area contributed by atoms with E-state index in [-0.39, 0.29) is 0 Å². The molecule has 0 amide bonds. The number of piperazine rings is 1. The number of hydrogen-bond donors (Lipinski definition) is 1. The standard InChI is InChI=1S/C20H33N7OS/c1-5-15(6-2)17-13-16(28-24-17)14-22-19(21-8-4)26-9-11-27(12-10-26)20-23-18(7-3)25-29-20/h13,15H,5-12,14H2,1-4H3,(H,21,22). The zero-order valence-electron chi connectivity index (χ0n) is 18.0. The molecule has 0 saturated carbocycles. The second-order valence-electron chi connectivity index (χ2n) is 7.22. The molecular weight excluding hydrogens is 386 g/mol. The fourth-order valence-electron chi connectivity index (χ4n) is 3.51. The molecule has 29 heavy (non-hydrogen) atoms. The van der Waals surface area contributed by atoms with Gasteiger partial charge < -0.3 is 19.6 Å². The van der Waals surface area contributed by atoms with Crippen molar-refractivity contribution in [3.05, 3.63) is 23.3 Å². The Balaban J connectivity index is 1.59. The number of aromatic nitrogens is 3. The molecule has 0 aliphatic carbocycles. The van der Waals surface area contributed by atoms with Crippen LogP contribution in [0, 0.1) is 0 Å². The maximum Gasteiger partial charge on any atom is 0.205 e. The summed E-state index contributed by atoms with van der Waals surface area (Å²) in [6.45, 7) is 13.6. The fourth-order valence-corrected chi connectivity index (χ4v) is 4.31. The van der Waals surface area contributed by atoms with Crippen molar-refractivity contribution in [3.63, 3.8) is 0 Å². The van der Waals surface area contributed by atoms with Gasteiger partial charge in [0.25, 0.3) is 0 Å². The van der Waals surface area contributed by atoms with E-state index in [1.54, 1.807) is 0 Å². The minimum absolute atomic E-state index is 0.464. The Bertz CT molecular complexity index is 775. The number of rotatable bonds is 8. The molecule has 0 bridgehead atoms. The Hall–Kier alpha value is -2.16. The first-order valence-corrected chi connectivity index (χ1v) is 11.5. The first-order chi connectivity index (χ1) is 14.2. The molecule has 0 radical (unpaired) electrons. The number of aliphatic imine (C=N–C) groups is 1. The Morgan fingerprint density at radius 3 is 2.59 bits per heavy atom. The molecule has 8 nitrogen and oxygen atoms in total. The molecule has 1 fully saturated rings. The van der Waals surface area contributed by atoms with Crippen LogP contribution in [0.1, 0.15) is 63.7 Å². The molecule has 1 aliphatic rings. The number of hydrogen-bond acceptors (Lipinski definition) is 7. The Morgan fingerprint density at radius 2 is 1.97 bits per heavy atom. The molecule has 1 N–H and O–H groups in total. The Morgan fingerprint density at radius 1 is 1.21 bits per heavy atom. The lowest BCUT2D eigenvalue weighted by molar-refractivity contribution is 0.362. The summed E-state index contributed by atoms with van der Waals surface area (Å²) in [6.07, 6.45) is 3.04. The van der Waals surface area contributed by atoms with Crippen LogP contribution in [-0.2, 0) is 13.0 Å². The van der Waals surface area contributed by atoms with Gasteiger partial charge in [-0.05, 0) is 19.8 Å². The van der Waals surface area contributed by atoms with Gasteiger partial charge >= 0.3 is 0 Å². The van der Waals surface area contributed by atoms with Crippen molar-refractivity contribution in [2.24, 2.45) is 4.99 Å². The molecule has 0 atom stereocenters. The third kappa shape index (κ3) is 5.46. The normalized spacial score (nSPS) is 15.4. The van der Waals surface area contributed by atoms with Crippen LogP contribution < -0.4 is 10.2 Å². The molecular formula is C20H33N7OS. The molecule has 2 aromatic rings. The van der Waals surface area contributed by atoms with E-state index in [1.807, 2.05) is 0 Å². The number of guanidine groups is 1. The quantitative estimate of drug-likeness (QED) is 0.519. The highest BCUT2D eigenvalue weighted by molar-refractivity contribution is 7.09. The molecule has 1 aliphatic heterocycles. The first kappa shape index (κ1) is 21.5. The second-order valence-corrected chi connectivity index (χ2v) is 7.95. The van der Waals surface area contributed by atoms with E-state index in [1.165, 1.54) is 11.5 Å². The highest BCUT2D eigenvalue weighted by Crippen LogP contribution is 2.23. The van der Waals surface area contributed by atoms with Crippen molar-refractivity contribution < 1.29 is 4.52 Å². The van der Waals surface area contributed by atoms with Crippen LogP contribution in [0.25, 0.3) is 0 Å². The molecule has 1 saturated heterocycles. The van der Waals surface area contributed by atoms with Gasteiger partial charge in [0.1, 0.15) is 12.4 Å². The third-order valence-electron chi connectivity index (χ3n) is 5.32. The second kappa shape index (κ2) is 10.6. The zero-order valence-corrected chi connectivity index (χ0v) is 18.8. The van der Waals surface area contributed by atoms with Crippen molar-refractivity contribution in [1.82, 2.24) is 24.7 Å². The molecule has 3 heterocycles. The van der Waals surface area contributed by atoms with E-state index in [0.717, 1.165) is 80.4 Å². The van der Waals surface area contributed by atoms with E-state index in [4.69, 9.17) is 9.52 Å². The van der Waals surface area contributed by atoms with Gasteiger partial charge in [0.05, 0.1) is 5.69 Å². The van der Waals surface area contributed by atoms with Gasteiger partial charge in [0.2, 0.25) is 5.13 Å². The Kier molecular flexibility index (Phi) is 7.85. The van der Waals surface area contributed by atoms with Crippen LogP contribution in [-0.4, -0.2) is 58.1 Å². The fraction of sp³-hybridized carbons (Fsp3) is 0.700. The maximum absolute atomic E-state index is 5.53. The van der Waals surface area contributed by atoms with Crippen LogP contribution in [0.4, 0.5) is 5.13 Å². The van der Waals surface area contributed by atoms with E-state index in [2.05, 4.69) is 63.4 Å². The predicted octanol–water partition coefficient (Wildman–Crippen LogP) is 3.28. The van der Waals surface area contributed by atoms with Crippen molar-refractivity contribution in [3.8, 4) is 0 Å². The van der Waals surface area contributed by atoms with Crippen LogP contribution in [0.3, 0.4) is 0 Å².